The molecule has 0 radical (unpaired) electrons. The highest BCUT2D eigenvalue weighted by atomic mass is 16.7. The highest BCUT2D eigenvalue weighted by molar-refractivity contribution is 5.75. The van der Waals surface area contributed by atoms with Gasteiger partial charge in [-0.2, -0.15) is 0 Å². The van der Waals surface area contributed by atoms with Crippen molar-refractivity contribution in [1.82, 2.24) is 5.06 Å². The molecule has 1 fully saturated rings. The number of piperidine rings is 1. The predicted molar refractivity (Wildman–Crippen MR) is 71.3 cm³/mol. The van der Waals surface area contributed by atoms with Gasteiger partial charge < -0.3 is 14.4 Å². The van der Waals surface area contributed by atoms with Crippen molar-refractivity contribution < 1.29 is 19.2 Å². The van der Waals surface area contributed by atoms with Gasteiger partial charge >= 0.3 is 5.97 Å². The predicted octanol–water partition coefficient (Wildman–Crippen LogP) is 1.81. The van der Waals surface area contributed by atoms with E-state index in [1.807, 2.05) is 27.7 Å². The summed E-state index contributed by atoms with van der Waals surface area (Å²) in [6.45, 7) is 9.24. The SMILES string of the molecule is CCOC(C=O)C1CCN(OC(=O)C(C)(C)C)CC1. The molecule has 0 N–H and O–H groups in total. The zero-order valence-electron chi connectivity index (χ0n) is 12.3. The summed E-state index contributed by atoms with van der Waals surface area (Å²) < 4.78 is 5.41. The first kappa shape index (κ1) is 16.1. The third kappa shape index (κ3) is 4.91. The molecule has 110 valence electrons. The van der Waals surface area contributed by atoms with Crippen molar-refractivity contribution in [2.75, 3.05) is 19.7 Å². The molecule has 0 spiro atoms. The van der Waals surface area contributed by atoms with Crippen LogP contribution in [0.15, 0.2) is 0 Å². The van der Waals surface area contributed by atoms with Crippen LogP contribution in [-0.2, 0) is 19.2 Å². The second-order valence-electron chi connectivity index (χ2n) is 5.95. The first-order chi connectivity index (χ1) is 8.88. The monoisotopic (exact) mass is 271 g/mol. The third-order valence-corrected chi connectivity index (χ3v) is 3.28. The number of hydrogen-bond acceptors (Lipinski definition) is 5. The molecule has 1 aliphatic rings. The molecule has 0 aromatic heterocycles. The number of nitrogens with zero attached hydrogens (tertiary/aromatic N) is 1. The number of hydroxylamine groups is 2. The zero-order chi connectivity index (χ0) is 14.5. The summed E-state index contributed by atoms with van der Waals surface area (Å²) in [7, 11) is 0. The van der Waals surface area contributed by atoms with Gasteiger partial charge in [-0.3, -0.25) is 0 Å². The number of aldehydes is 1. The Hall–Kier alpha value is -0.940. The van der Waals surface area contributed by atoms with E-state index in [-0.39, 0.29) is 18.0 Å². The van der Waals surface area contributed by atoms with Gasteiger partial charge in [0.15, 0.2) is 0 Å². The van der Waals surface area contributed by atoms with Crippen molar-refractivity contribution >= 4 is 12.3 Å². The van der Waals surface area contributed by atoms with Gasteiger partial charge in [0.2, 0.25) is 0 Å². The zero-order valence-corrected chi connectivity index (χ0v) is 12.3. The minimum Gasteiger partial charge on any atom is -0.371 e. The normalized spacial score (nSPS) is 20.0. The number of rotatable bonds is 5. The fraction of sp³-hybridized carbons (Fsp3) is 0.857. The largest absolute Gasteiger partial charge is 0.371 e. The van der Waals surface area contributed by atoms with E-state index in [9.17, 15) is 9.59 Å². The van der Waals surface area contributed by atoms with Gasteiger partial charge in [0, 0.05) is 19.7 Å². The van der Waals surface area contributed by atoms with Crippen molar-refractivity contribution in [3.05, 3.63) is 0 Å². The molecule has 0 aromatic carbocycles. The molecule has 0 amide bonds. The van der Waals surface area contributed by atoms with Gasteiger partial charge in [-0.05, 0) is 46.5 Å². The summed E-state index contributed by atoms with van der Waals surface area (Å²) in [6.07, 6.45) is 2.16. The van der Waals surface area contributed by atoms with E-state index in [0.717, 1.165) is 19.1 Å². The first-order valence-corrected chi connectivity index (χ1v) is 6.92. The van der Waals surface area contributed by atoms with E-state index in [0.29, 0.717) is 19.7 Å². The topological polar surface area (TPSA) is 55.8 Å². The molecule has 1 heterocycles. The highest BCUT2D eigenvalue weighted by Gasteiger charge is 2.31. The molecule has 1 unspecified atom stereocenters. The van der Waals surface area contributed by atoms with E-state index in [1.54, 1.807) is 5.06 Å². The second-order valence-corrected chi connectivity index (χ2v) is 5.95. The smallest absolute Gasteiger partial charge is 0.330 e. The number of ether oxygens (including phenoxy) is 1. The number of carbonyl (C=O) groups is 2. The molecule has 5 heteroatoms. The van der Waals surface area contributed by atoms with Crippen LogP contribution in [0.4, 0.5) is 0 Å². The molecular weight excluding hydrogens is 246 g/mol. The van der Waals surface area contributed by atoms with Crippen LogP contribution in [0, 0.1) is 11.3 Å². The van der Waals surface area contributed by atoms with Crippen LogP contribution in [0.2, 0.25) is 0 Å². The van der Waals surface area contributed by atoms with Crippen LogP contribution in [0.5, 0.6) is 0 Å². The molecule has 0 aromatic rings. The van der Waals surface area contributed by atoms with Crippen molar-refractivity contribution in [2.45, 2.75) is 46.6 Å². The minimum absolute atomic E-state index is 0.220. The molecule has 0 aliphatic carbocycles. The van der Waals surface area contributed by atoms with Crippen LogP contribution >= 0.6 is 0 Å². The van der Waals surface area contributed by atoms with E-state index in [4.69, 9.17) is 9.57 Å². The lowest BCUT2D eigenvalue weighted by Crippen LogP contribution is -2.42. The van der Waals surface area contributed by atoms with Crippen LogP contribution in [-0.4, -0.2) is 43.1 Å². The van der Waals surface area contributed by atoms with Gasteiger partial charge in [-0.25, -0.2) is 4.79 Å². The Morgan fingerprint density at radius 1 is 1.37 bits per heavy atom. The molecular formula is C14H25NO4. The Morgan fingerprint density at radius 3 is 2.37 bits per heavy atom. The fourth-order valence-electron chi connectivity index (χ4n) is 2.03. The van der Waals surface area contributed by atoms with E-state index >= 15 is 0 Å². The van der Waals surface area contributed by atoms with Crippen LogP contribution in [0.1, 0.15) is 40.5 Å². The third-order valence-electron chi connectivity index (χ3n) is 3.28. The molecule has 1 aliphatic heterocycles. The quantitative estimate of drug-likeness (QED) is 0.714. The van der Waals surface area contributed by atoms with Crippen LogP contribution in [0.25, 0.3) is 0 Å². The summed E-state index contributed by atoms with van der Waals surface area (Å²) in [5.74, 6) is 0.00438. The molecule has 19 heavy (non-hydrogen) atoms. The van der Waals surface area contributed by atoms with Gasteiger partial charge in [0.1, 0.15) is 12.4 Å². The Labute approximate surface area is 115 Å². The van der Waals surface area contributed by atoms with Crippen molar-refractivity contribution in [3.8, 4) is 0 Å². The van der Waals surface area contributed by atoms with E-state index in [2.05, 4.69) is 0 Å². The average Bonchev–Trinajstić information content (AvgIpc) is 2.36. The number of hydrogen-bond donors (Lipinski definition) is 0. The first-order valence-electron chi connectivity index (χ1n) is 6.92. The molecule has 0 bridgehead atoms. The van der Waals surface area contributed by atoms with Gasteiger partial charge in [-0.15, -0.1) is 5.06 Å². The van der Waals surface area contributed by atoms with E-state index < -0.39 is 5.41 Å². The standard InChI is InChI=1S/C14H25NO4/c1-5-18-12(10-16)11-6-8-15(9-7-11)19-13(17)14(2,3)4/h10-12H,5-9H2,1-4H3. The summed E-state index contributed by atoms with van der Waals surface area (Å²) in [5.41, 5.74) is -0.493. The summed E-state index contributed by atoms with van der Waals surface area (Å²) in [5, 5.41) is 1.69. The molecule has 0 saturated carbocycles. The lowest BCUT2D eigenvalue weighted by molar-refractivity contribution is -0.207. The Bertz CT molecular complexity index is 303. The van der Waals surface area contributed by atoms with Crippen molar-refractivity contribution in [3.63, 3.8) is 0 Å². The summed E-state index contributed by atoms with van der Waals surface area (Å²) >= 11 is 0. The summed E-state index contributed by atoms with van der Waals surface area (Å²) in [4.78, 5) is 28.1. The van der Waals surface area contributed by atoms with Crippen LogP contribution < -0.4 is 0 Å². The van der Waals surface area contributed by atoms with E-state index in [1.165, 1.54) is 0 Å². The van der Waals surface area contributed by atoms with Crippen molar-refractivity contribution in [1.29, 1.82) is 0 Å². The summed E-state index contributed by atoms with van der Waals surface area (Å²) in [6, 6.07) is 0. The van der Waals surface area contributed by atoms with Gasteiger partial charge in [0.05, 0.1) is 5.41 Å². The van der Waals surface area contributed by atoms with Crippen molar-refractivity contribution in [2.24, 2.45) is 11.3 Å². The maximum Gasteiger partial charge on any atom is 0.330 e. The fourth-order valence-corrected chi connectivity index (χ4v) is 2.03. The Morgan fingerprint density at radius 2 is 1.95 bits per heavy atom. The average molecular weight is 271 g/mol. The molecule has 5 nitrogen and oxygen atoms in total. The van der Waals surface area contributed by atoms with Crippen LogP contribution in [0.3, 0.4) is 0 Å². The second kappa shape index (κ2) is 7.01. The lowest BCUT2D eigenvalue weighted by atomic mass is 9.92. The maximum absolute atomic E-state index is 11.8. The molecule has 1 atom stereocenters. The molecule has 1 saturated heterocycles. The minimum atomic E-state index is -0.493. The van der Waals surface area contributed by atoms with Gasteiger partial charge in [0.25, 0.3) is 0 Å². The maximum atomic E-state index is 11.8. The molecule has 1 rings (SSSR count). The van der Waals surface area contributed by atoms with Gasteiger partial charge in [-0.1, -0.05) is 0 Å². The Balaban J connectivity index is 2.40. The number of carbonyl (C=O) groups excluding carboxylic acids is 2. The lowest BCUT2D eigenvalue weighted by Gasteiger charge is -2.33. The highest BCUT2D eigenvalue weighted by Crippen LogP contribution is 2.24. The Kier molecular flexibility index (Phi) is 5.94.